The van der Waals surface area contributed by atoms with Crippen molar-refractivity contribution in [3.05, 3.63) is 64.7 Å². The highest BCUT2D eigenvalue weighted by atomic mass is 35.5. The normalized spacial score (nSPS) is 15.2. The summed E-state index contributed by atoms with van der Waals surface area (Å²) in [4.78, 5) is 19.6. The van der Waals surface area contributed by atoms with Crippen molar-refractivity contribution in [2.24, 2.45) is 16.1 Å². The monoisotopic (exact) mass is 326 g/mol. The van der Waals surface area contributed by atoms with Crippen molar-refractivity contribution in [2.45, 2.75) is 18.9 Å². The van der Waals surface area contributed by atoms with E-state index in [2.05, 4.69) is 10.1 Å². The third kappa shape index (κ3) is 4.28. The molecule has 1 aliphatic carbocycles. The molecule has 5 heteroatoms. The minimum Gasteiger partial charge on any atom is -0.387 e. The van der Waals surface area contributed by atoms with Crippen LogP contribution in [0.3, 0.4) is 0 Å². The standard InChI is InChI=1S/C18H15ClN2O2/c19-16-7-1-13(2-8-16)11-21-23-18(14-3-4-14)15-5-9-17(10-6-15)20-12-22/h1-2,5-11,14,18H,3-4H2. The van der Waals surface area contributed by atoms with Crippen LogP contribution in [0.15, 0.2) is 58.7 Å². The Labute approximate surface area is 139 Å². The average Bonchev–Trinajstić information content (AvgIpc) is 3.39. The molecule has 23 heavy (non-hydrogen) atoms. The SMILES string of the molecule is O=C=Nc1ccc(C(ON=Cc2ccc(Cl)cc2)C2CC2)cc1. The van der Waals surface area contributed by atoms with Crippen molar-refractivity contribution in [3.63, 3.8) is 0 Å². The maximum Gasteiger partial charge on any atom is 0.240 e. The van der Waals surface area contributed by atoms with E-state index in [1.807, 2.05) is 36.4 Å². The number of isocyanates is 1. The van der Waals surface area contributed by atoms with Crippen LogP contribution in [0.1, 0.15) is 30.1 Å². The number of hydrogen-bond acceptors (Lipinski definition) is 4. The summed E-state index contributed by atoms with van der Waals surface area (Å²) in [5.41, 5.74) is 2.55. The maximum atomic E-state index is 10.3. The van der Waals surface area contributed by atoms with E-state index in [0.29, 0.717) is 16.6 Å². The fraction of sp³-hybridized carbons (Fsp3) is 0.222. The molecule has 0 spiro atoms. The Morgan fingerprint density at radius 2 is 1.83 bits per heavy atom. The Hall–Kier alpha value is -2.42. The van der Waals surface area contributed by atoms with Crippen molar-refractivity contribution >= 4 is 29.6 Å². The van der Waals surface area contributed by atoms with Crippen LogP contribution in [0.2, 0.25) is 5.02 Å². The van der Waals surface area contributed by atoms with Gasteiger partial charge in [0.2, 0.25) is 6.08 Å². The number of nitrogens with zero attached hydrogens (tertiary/aromatic N) is 2. The highest BCUT2D eigenvalue weighted by Crippen LogP contribution is 2.43. The number of hydrogen-bond donors (Lipinski definition) is 0. The summed E-state index contributed by atoms with van der Waals surface area (Å²) in [6, 6.07) is 14.8. The van der Waals surface area contributed by atoms with Crippen LogP contribution >= 0.6 is 11.6 Å². The van der Waals surface area contributed by atoms with Crippen LogP contribution < -0.4 is 0 Å². The maximum absolute atomic E-state index is 10.3. The molecule has 4 nitrogen and oxygen atoms in total. The van der Waals surface area contributed by atoms with Crippen LogP contribution in [0.25, 0.3) is 0 Å². The molecule has 1 saturated carbocycles. The first kappa shape index (κ1) is 15.5. The Morgan fingerprint density at radius 3 is 2.43 bits per heavy atom. The first-order valence-electron chi connectivity index (χ1n) is 7.39. The summed E-state index contributed by atoms with van der Waals surface area (Å²) in [5, 5.41) is 4.81. The highest BCUT2D eigenvalue weighted by Gasteiger charge is 2.34. The molecular weight excluding hydrogens is 312 g/mol. The minimum absolute atomic E-state index is 0.0761. The van der Waals surface area contributed by atoms with Gasteiger partial charge < -0.3 is 4.84 Å². The third-order valence-corrected chi connectivity index (χ3v) is 3.94. The van der Waals surface area contributed by atoms with Crippen LogP contribution in [0.5, 0.6) is 0 Å². The summed E-state index contributed by atoms with van der Waals surface area (Å²) >= 11 is 5.85. The van der Waals surface area contributed by atoms with Crippen LogP contribution in [0.4, 0.5) is 5.69 Å². The second-order valence-electron chi connectivity index (χ2n) is 5.44. The van der Waals surface area contributed by atoms with Crippen LogP contribution in [-0.2, 0) is 9.63 Å². The summed E-state index contributed by atoms with van der Waals surface area (Å²) in [6.07, 6.45) is 5.40. The Kier molecular flexibility index (Phi) is 4.86. The van der Waals surface area contributed by atoms with E-state index in [4.69, 9.17) is 16.4 Å². The predicted octanol–water partition coefficient (Wildman–Crippen LogP) is 4.81. The van der Waals surface area contributed by atoms with Crippen LogP contribution in [-0.4, -0.2) is 12.3 Å². The molecule has 0 bridgehead atoms. The fourth-order valence-corrected chi connectivity index (χ4v) is 2.44. The Bertz CT molecular complexity index is 731. The molecule has 0 aromatic heterocycles. The van der Waals surface area contributed by atoms with E-state index in [-0.39, 0.29) is 6.10 Å². The van der Waals surface area contributed by atoms with E-state index in [0.717, 1.165) is 24.0 Å². The highest BCUT2D eigenvalue weighted by molar-refractivity contribution is 6.30. The van der Waals surface area contributed by atoms with Gasteiger partial charge in [-0.05, 0) is 48.2 Å². The lowest BCUT2D eigenvalue weighted by Gasteiger charge is -2.14. The van der Waals surface area contributed by atoms with Gasteiger partial charge in [-0.1, -0.05) is 41.0 Å². The van der Waals surface area contributed by atoms with E-state index >= 15 is 0 Å². The lowest BCUT2D eigenvalue weighted by Crippen LogP contribution is -2.03. The Balaban J connectivity index is 1.69. The van der Waals surface area contributed by atoms with Crippen molar-refractivity contribution < 1.29 is 9.63 Å². The predicted molar refractivity (Wildman–Crippen MR) is 89.8 cm³/mol. The summed E-state index contributed by atoms with van der Waals surface area (Å²) in [6.45, 7) is 0. The third-order valence-electron chi connectivity index (χ3n) is 3.69. The Morgan fingerprint density at radius 1 is 1.13 bits per heavy atom. The summed E-state index contributed by atoms with van der Waals surface area (Å²) < 4.78 is 0. The van der Waals surface area contributed by atoms with Gasteiger partial charge in [-0.25, -0.2) is 4.79 Å². The molecule has 0 aliphatic heterocycles. The summed E-state index contributed by atoms with van der Waals surface area (Å²) in [7, 11) is 0. The van der Waals surface area contributed by atoms with Gasteiger partial charge in [0, 0.05) is 10.9 Å². The molecule has 1 unspecified atom stereocenters. The zero-order chi connectivity index (χ0) is 16.1. The molecule has 0 radical (unpaired) electrons. The van der Waals surface area contributed by atoms with Gasteiger partial charge in [0.15, 0.2) is 6.10 Å². The molecule has 0 heterocycles. The van der Waals surface area contributed by atoms with E-state index < -0.39 is 0 Å². The first-order chi connectivity index (χ1) is 11.3. The average molecular weight is 327 g/mol. The van der Waals surface area contributed by atoms with Gasteiger partial charge >= 0.3 is 0 Å². The number of carbonyl (C=O) groups excluding carboxylic acids is 1. The second-order valence-corrected chi connectivity index (χ2v) is 5.88. The zero-order valence-corrected chi connectivity index (χ0v) is 13.1. The van der Waals surface area contributed by atoms with Crippen molar-refractivity contribution in [1.29, 1.82) is 0 Å². The molecule has 2 aromatic carbocycles. The largest absolute Gasteiger partial charge is 0.387 e. The molecule has 3 rings (SSSR count). The molecule has 1 fully saturated rings. The van der Waals surface area contributed by atoms with Gasteiger partial charge in [-0.2, -0.15) is 4.99 Å². The van der Waals surface area contributed by atoms with Gasteiger partial charge in [-0.15, -0.1) is 0 Å². The number of benzene rings is 2. The van der Waals surface area contributed by atoms with Gasteiger partial charge in [0.25, 0.3) is 0 Å². The molecular formula is C18H15ClN2O2. The first-order valence-corrected chi connectivity index (χ1v) is 7.76. The van der Waals surface area contributed by atoms with E-state index in [1.54, 1.807) is 18.3 Å². The number of oxime groups is 1. The van der Waals surface area contributed by atoms with Crippen molar-refractivity contribution in [2.75, 3.05) is 0 Å². The van der Waals surface area contributed by atoms with Gasteiger partial charge in [0.05, 0.1) is 11.9 Å². The smallest absolute Gasteiger partial charge is 0.240 e. The fourth-order valence-electron chi connectivity index (χ4n) is 2.32. The lowest BCUT2D eigenvalue weighted by molar-refractivity contribution is 0.0434. The molecule has 0 saturated heterocycles. The molecule has 1 atom stereocenters. The summed E-state index contributed by atoms with van der Waals surface area (Å²) in [5.74, 6) is 0.484. The number of rotatable bonds is 6. The topological polar surface area (TPSA) is 51.0 Å². The molecule has 0 N–H and O–H groups in total. The zero-order valence-electron chi connectivity index (χ0n) is 12.4. The molecule has 116 valence electrons. The minimum atomic E-state index is -0.0761. The molecule has 1 aliphatic rings. The van der Waals surface area contributed by atoms with E-state index in [9.17, 15) is 4.79 Å². The quantitative estimate of drug-likeness (QED) is 0.434. The van der Waals surface area contributed by atoms with Gasteiger partial charge in [-0.3, -0.25) is 0 Å². The number of halogens is 1. The van der Waals surface area contributed by atoms with Crippen molar-refractivity contribution in [3.8, 4) is 0 Å². The lowest BCUT2D eigenvalue weighted by atomic mass is 10.1. The van der Waals surface area contributed by atoms with Crippen molar-refractivity contribution in [1.82, 2.24) is 0 Å². The second kappa shape index (κ2) is 7.23. The molecule has 2 aromatic rings. The van der Waals surface area contributed by atoms with Gasteiger partial charge in [0.1, 0.15) is 0 Å². The van der Waals surface area contributed by atoms with Crippen LogP contribution in [0, 0.1) is 5.92 Å². The number of aliphatic imine (C=N–C) groups is 1. The molecule has 0 amide bonds. The van der Waals surface area contributed by atoms with E-state index in [1.165, 1.54) is 6.08 Å².